The molecule has 0 aromatic rings. The molecule has 0 fully saturated rings. The Morgan fingerprint density at radius 1 is 1.55 bits per heavy atom. The van der Waals surface area contributed by atoms with Crippen LogP contribution in [0.15, 0.2) is 39.9 Å². The van der Waals surface area contributed by atoms with Gasteiger partial charge in [-0.15, -0.1) is 5.12 Å². The Labute approximate surface area is 65.6 Å². The minimum absolute atomic E-state index is 0.723. The zero-order valence-electron chi connectivity index (χ0n) is 6.65. The Bertz CT molecular complexity index is 249. The molecule has 0 aromatic heterocycles. The van der Waals surface area contributed by atoms with Gasteiger partial charge in [0.1, 0.15) is 0 Å². The first-order valence-electron chi connectivity index (χ1n) is 3.26. The zero-order chi connectivity index (χ0) is 8.27. The van der Waals surface area contributed by atoms with Gasteiger partial charge < -0.3 is 0 Å². The van der Waals surface area contributed by atoms with Crippen molar-refractivity contribution in [3.63, 3.8) is 0 Å². The van der Waals surface area contributed by atoms with Gasteiger partial charge in [0.15, 0.2) is 0 Å². The van der Waals surface area contributed by atoms with E-state index in [-0.39, 0.29) is 0 Å². The second-order valence-corrected chi connectivity index (χ2v) is 2.14. The van der Waals surface area contributed by atoms with Gasteiger partial charge in [-0.1, -0.05) is 6.58 Å². The third kappa shape index (κ3) is 1.73. The maximum atomic E-state index is 4.06. The lowest BCUT2D eigenvalue weighted by Crippen LogP contribution is -2.12. The molecule has 0 aromatic carbocycles. The molecule has 11 heavy (non-hydrogen) atoms. The first-order chi connectivity index (χ1) is 5.24. The molecule has 1 aliphatic heterocycles. The fourth-order valence-electron chi connectivity index (χ4n) is 0.693. The van der Waals surface area contributed by atoms with Crippen LogP contribution in [0.1, 0.15) is 6.92 Å². The lowest BCUT2D eigenvalue weighted by atomic mass is 10.3. The second kappa shape index (κ2) is 3.09. The van der Waals surface area contributed by atoms with E-state index in [4.69, 9.17) is 0 Å². The molecule has 1 aliphatic rings. The van der Waals surface area contributed by atoms with E-state index in [9.17, 15) is 0 Å². The van der Waals surface area contributed by atoms with E-state index >= 15 is 0 Å². The van der Waals surface area contributed by atoms with Crippen molar-refractivity contribution in [2.75, 3.05) is 7.05 Å². The van der Waals surface area contributed by atoms with Crippen LogP contribution in [0.3, 0.4) is 0 Å². The summed E-state index contributed by atoms with van der Waals surface area (Å²) in [6, 6.07) is 0. The van der Waals surface area contributed by atoms with Gasteiger partial charge in [-0.25, -0.2) is 0 Å². The van der Waals surface area contributed by atoms with Crippen molar-refractivity contribution in [3.05, 3.63) is 24.4 Å². The van der Waals surface area contributed by atoms with E-state index < -0.39 is 0 Å². The van der Waals surface area contributed by atoms with Gasteiger partial charge in [-0.05, 0) is 24.3 Å². The monoisotopic (exact) mass is 150 g/mol. The molecule has 4 heteroatoms. The molecule has 58 valence electrons. The predicted octanol–water partition coefficient (Wildman–Crippen LogP) is 1.74. The lowest BCUT2D eigenvalue weighted by Gasteiger charge is -2.14. The van der Waals surface area contributed by atoms with Crippen molar-refractivity contribution in [1.29, 1.82) is 0 Å². The Hall–Kier alpha value is -1.45. The Morgan fingerprint density at radius 3 is 2.91 bits per heavy atom. The average molecular weight is 150 g/mol. The SMILES string of the molecule is C=C1C=CC(C)=NN1N=NC. The summed E-state index contributed by atoms with van der Waals surface area (Å²) < 4.78 is 0. The maximum absolute atomic E-state index is 4.06. The largest absolute Gasteiger partial charge is 0.172 e. The summed E-state index contributed by atoms with van der Waals surface area (Å²) in [5, 5.41) is 12.8. The van der Waals surface area contributed by atoms with Crippen molar-refractivity contribution in [2.24, 2.45) is 15.4 Å². The summed E-state index contributed by atoms with van der Waals surface area (Å²) in [5.41, 5.74) is 1.62. The molecule has 0 aliphatic carbocycles. The fraction of sp³-hybridized carbons (Fsp3) is 0.286. The first-order valence-corrected chi connectivity index (χ1v) is 3.26. The van der Waals surface area contributed by atoms with E-state index in [0.717, 1.165) is 11.4 Å². The molecular weight excluding hydrogens is 140 g/mol. The van der Waals surface area contributed by atoms with Crippen molar-refractivity contribution < 1.29 is 0 Å². The summed E-state index contributed by atoms with van der Waals surface area (Å²) in [4.78, 5) is 0. The van der Waals surface area contributed by atoms with Gasteiger partial charge in [-0.2, -0.15) is 10.2 Å². The quantitative estimate of drug-likeness (QED) is 0.525. The summed E-state index contributed by atoms with van der Waals surface area (Å²) in [7, 11) is 1.59. The predicted molar refractivity (Wildman–Crippen MR) is 44.0 cm³/mol. The topological polar surface area (TPSA) is 40.3 Å². The second-order valence-electron chi connectivity index (χ2n) is 2.14. The number of hydrogen-bond acceptors (Lipinski definition) is 3. The average Bonchev–Trinajstić information content (AvgIpc) is 1.98. The number of hydrogen-bond donors (Lipinski definition) is 0. The zero-order valence-corrected chi connectivity index (χ0v) is 6.65. The highest BCUT2D eigenvalue weighted by Gasteiger charge is 2.05. The van der Waals surface area contributed by atoms with Gasteiger partial charge in [-0.3, -0.25) is 0 Å². The number of hydrazone groups is 1. The van der Waals surface area contributed by atoms with Crippen LogP contribution in [0, 0.1) is 0 Å². The van der Waals surface area contributed by atoms with Crippen LogP contribution in [-0.2, 0) is 0 Å². The lowest BCUT2D eigenvalue weighted by molar-refractivity contribution is 0.369. The van der Waals surface area contributed by atoms with Crippen LogP contribution in [0.4, 0.5) is 0 Å². The van der Waals surface area contributed by atoms with Crippen LogP contribution in [0.25, 0.3) is 0 Å². The maximum Gasteiger partial charge on any atom is 0.0803 e. The van der Waals surface area contributed by atoms with Gasteiger partial charge >= 0.3 is 0 Å². The molecule has 1 heterocycles. The van der Waals surface area contributed by atoms with Crippen LogP contribution in [0.2, 0.25) is 0 Å². The Morgan fingerprint density at radius 2 is 2.27 bits per heavy atom. The molecule has 0 spiro atoms. The summed E-state index contributed by atoms with van der Waals surface area (Å²) in [6.07, 6.45) is 3.72. The molecule has 1 rings (SSSR count). The number of nitrogens with zero attached hydrogens (tertiary/aromatic N) is 4. The minimum Gasteiger partial charge on any atom is -0.172 e. The standard InChI is InChI=1S/C7H10N4/c1-6-4-5-7(2)11(9-6)10-8-3/h4-5H,2H2,1,3H3. The Balaban J connectivity index is 2.81. The smallest absolute Gasteiger partial charge is 0.0803 e. The highest BCUT2D eigenvalue weighted by molar-refractivity contribution is 5.93. The molecule has 0 amide bonds. The fourth-order valence-corrected chi connectivity index (χ4v) is 0.693. The van der Waals surface area contributed by atoms with Gasteiger partial charge in [0.25, 0.3) is 0 Å². The van der Waals surface area contributed by atoms with E-state index in [1.165, 1.54) is 5.12 Å². The summed E-state index contributed by atoms with van der Waals surface area (Å²) in [6.45, 7) is 5.62. The van der Waals surface area contributed by atoms with Crippen molar-refractivity contribution in [3.8, 4) is 0 Å². The van der Waals surface area contributed by atoms with Crippen LogP contribution >= 0.6 is 0 Å². The van der Waals surface area contributed by atoms with Crippen molar-refractivity contribution >= 4 is 5.71 Å². The van der Waals surface area contributed by atoms with E-state index in [2.05, 4.69) is 22.0 Å². The molecule has 0 atom stereocenters. The molecule has 4 nitrogen and oxygen atoms in total. The highest BCUT2D eigenvalue weighted by atomic mass is 15.7. The van der Waals surface area contributed by atoms with Crippen molar-refractivity contribution in [2.45, 2.75) is 6.92 Å². The van der Waals surface area contributed by atoms with E-state index in [1.807, 2.05) is 19.1 Å². The first kappa shape index (κ1) is 7.65. The molecule has 0 saturated carbocycles. The third-order valence-corrected chi connectivity index (χ3v) is 1.20. The van der Waals surface area contributed by atoms with Gasteiger partial charge in [0, 0.05) is 0 Å². The van der Waals surface area contributed by atoms with Gasteiger partial charge in [0.05, 0.1) is 18.5 Å². The molecular formula is C7H10N4. The van der Waals surface area contributed by atoms with Gasteiger partial charge in [0.2, 0.25) is 0 Å². The summed E-state index contributed by atoms with van der Waals surface area (Å²) in [5.74, 6) is 0. The van der Waals surface area contributed by atoms with Crippen molar-refractivity contribution in [1.82, 2.24) is 5.12 Å². The van der Waals surface area contributed by atoms with E-state index in [0.29, 0.717) is 0 Å². The molecule has 0 saturated heterocycles. The minimum atomic E-state index is 0.723. The Kier molecular flexibility index (Phi) is 2.15. The molecule has 0 radical (unpaired) electrons. The summed E-state index contributed by atoms with van der Waals surface area (Å²) >= 11 is 0. The van der Waals surface area contributed by atoms with E-state index in [1.54, 1.807) is 7.05 Å². The number of rotatable bonds is 1. The van der Waals surface area contributed by atoms with Crippen LogP contribution < -0.4 is 0 Å². The molecule has 0 unspecified atom stereocenters. The highest BCUT2D eigenvalue weighted by Crippen LogP contribution is 2.10. The third-order valence-electron chi connectivity index (χ3n) is 1.20. The van der Waals surface area contributed by atoms with Crippen LogP contribution in [-0.4, -0.2) is 17.9 Å². The molecule has 0 bridgehead atoms. The van der Waals surface area contributed by atoms with Crippen LogP contribution in [0.5, 0.6) is 0 Å². The number of allylic oxidation sites excluding steroid dienone is 2. The normalized spacial score (nSPS) is 17.8. The molecule has 0 N–H and O–H groups in total.